The fourth-order valence-corrected chi connectivity index (χ4v) is 9.56. The molecule has 0 radical (unpaired) electrons. The van der Waals surface area contributed by atoms with Gasteiger partial charge in [-0.15, -0.1) is 13.2 Å². The van der Waals surface area contributed by atoms with Crippen LogP contribution < -0.4 is 0 Å². The molecular weight excluding hydrogens is 744 g/mol. The molecule has 0 saturated carbocycles. The molecule has 10 atom stereocenters. The summed E-state index contributed by atoms with van der Waals surface area (Å²) in [5.41, 5.74) is -0.628. The minimum atomic E-state index is -1.33. The van der Waals surface area contributed by atoms with Gasteiger partial charge in [0.15, 0.2) is 0 Å². The van der Waals surface area contributed by atoms with E-state index in [-0.39, 0.29) is 48.0 Å². The van der Waals surface area contributed by atoms with Crippen LogP contribution in [0, 0.1) is 17.8 Å². The maximum absolute atomic E-state index is 15.0. The molecule has 4 saturated heterocycles. The zero-order valence-corrected chi connectivity index (χ0v) is 33.2. The highest BCUT2D eigenvalue weighted by molar-refractivity contribution is 9.09. The number of allylic oxidation sites excluding steroid dienone is 1. The first-order chi connectivity index (χ1) is 25.4. The number of nitrogens with zero attached hydrogens (tertiary/aromatic N) is 4. The second-order valence-corrected chi connectivity index (χ2v) is 16.1. The minimum Gasteiger partial charge on any atom is -0.455 e. The lowest BCUT2D eigenvalue weighted by atomic mass is 9.70. The van der Waals surface area contributed by atoms with E-state index < -0.39 is 53.7 Å². The van der Waals surface area contributed by atoms with Crippen LogP contribution in [0.5, 0.6) is 0 Å². The molecule has 4 aliphatic heterocycles. The summed E-state index contributed by atoms with van der Waals surface area (Å²) in [5.74, 6) is -3.60. The molecule has 0 aromatic heterocycles. The molecular formula is C40H57BrN4O8. The number of fused-ring (bicyclic) bond motifs is 1. The Kier molecular flexibility index (Phi) is 14.0. The average molecular weight is 802 g/mol. The quantitative estimate of drug-likeness (QED) is 0.135. The number of esters is 1. The Balaban J connectivity index is 1.51. The van der Waals surface area contributed by atoms with E-state index in [4.69, 9.17) is 14.2 Å². The van der Waals surface area contributed by atoms with Crippen LogP contribution in [0.4, 0.5) is 0 Å². The lowest BCUT2D eigenvalue weighted by Gasteiger charge is -2.41. The van der Waals surface area contributed by atoms with Gasteiger partial charge in [-0.3, -0.25) is 24.1 Å². The summed E-state index contributed by atoms with van der Waals surface area (Å²) in [4.78, 5) is 64.4. The third kappa shape index (κ3) is 8.15. The number of rotatable bonds is 18. The van der Waals surface area contributed by atoms with E-state index in [9.17, 15) is 24.3 Å². The fourth-order valence-electron chi connectivity index (χ4n) is 8.62. The number of hydrogen-bond acceptors (Lipinski definition) is 9. The maximum Gasteiger partial charge on any atom is 0.313 e. The van der Waals surface area contributed by atoms with Crippen molar-refractivity contribution < 1.29 is 38.5 Å². The number of ether oxygens (including phenoxy) is 3. The normalized spacial score (nSPS) is 28.8. The molecule has 1 spiro atoms. The van der Waals surface area contributed by atoms with Gasteiger partial charge in [-0.25, -0.2) is 0 Å². The van der Waals surface area contributed by atoms with Crippen molar-refractivity contribution in [2.45, 2.75) is 87.2 Å². The van der Waals surface area contributed by atoms with Crippen LogP contribution in [-0.2, 0) is 33.4 Å². The van der Waals surface area contributed by atoms with Crippen molar-refractivity contribution in [1.82, 2.24) is 19.6 Å². The molecule has 292 valence electrons. The molecule has 1 aromatic carbocycles. The number of benzene rings is 1. The van der Waals surface area contributed by atoms with Crippen molar-refractivity contribution in [3.05, 3.63) is 61.2 Å². The summed E-state index contributed by atoms with van der Waals surface area (Å²) < 4.78 is 18.7. The second-order valence-electron chi connectivity index (χ2n) is 14.9. The van der Waals surface area contributed by atoms with Crippen molar-refractivity contribution in [2.75, 3.05) is 59.6 Å². The number of aliphatic hydroxyl groups excluding tert-OH is 1. The van der Waals surface area contributed by atoms with Gasteiger partial charge < -0.3 is 34.0 Å². The molecule has 1 unspecified atom stereocenters. The van der Waals surface area contributed by atoms with Crippen molar-refractivity contribution in [1.29, 1.82) is 0 Å². The molecule has 1 aromatic rings. The summed E-state index contributed by atoms with van der Waals surface area (Å²) >= 11 is 3.77. The van der Waals surface area contributed by atoms with Crippen molar-refractivity contribution >= 4 is 39.6 Å². The van der Waals surface area contributed by atoms with E-state index in [1.165, 1.54) is 4.90 Å². The number of amides is 3. The summed E-state index contributed by atoms with van der Waals surface area (Å²) in [7, 11) is 1.69. The lowest BCUT2D eigenvalue weighted by molar-refractivity contribution is -0.165. The zero-order valence-electron chi connectivity index (χ0n) is 31.6. The van der Waals surface area contributed by atoms with E-state index in [2.05, 4.69) is 34.0 Å². The highest BCUT2D eigenvalue weighted by Crippen LogP contribution is 2.61. The first-order valence-electron chi connectivity index (χ1n) is 19.0. The monoisotopic (exact) mass is 800 g/mol. The van der Waals surface area contributed by atoms with E-state index in [0.29, 0.717) is 51.1 Å². The van der Waals surface area contributed by atoms with E-state index in [0.717, 1.165) is 13.1 Å². The van der Waals surface area contributed by atoms with Gasteiger partial charge in [0.25, 0.3) is 0 Å². The minimum absolute atomic E-state index is 0.113. The third-order valence-corrected chi connectivity index (χ3v) is 12.8. The SMILES string of the molecule is C=CCCC(=O)N(C)[C@H](C)[C@H](OC(=O)[C@H]1[C@@H]2O[C@@]3(CC2Br)[C@@H]1C(=O)N([C@@H](CO)[C@@H](C)CC)[C@@H]3C(=O)N(CC=C)CCN1CCOCC1)c1ccccc1. The smallest absolute Gasteiger partial charge is 0.313 e. The molecule has 0 aliphatic carbocycles. The molecule has 4 aliphatic rings. The van der Waals surface area contributed by atoms with Gasteiger partial charge in [-0.1, -0.05) is 78.7 Å². The number of halogens is 1. The number of likely N-dealkylation sites (tertiary alicyclic amines) is 1. The Morgan fingerprint density at radius 3 is 2.47 bits per heavy atom. The van der Waals surface area contributed by atoms with Crippen molar-refractivity contribution in [3.8, 4) is 0 Å². The van der Waals surface area contributed by atoms with Crippen LogP contribution in [0.3, 0.4) is 0 Å². The largest absolute Gasteiger partial charge is 0.455 e. The lowest BCUT2D eigenvalue weighted by Crippen LogP contribution is -2.60. The predicted octanol–water partition coefficient (Wildman–Crippen LogP) is 3.59. The molecule has 1 N–H and O–H groups in total. The molecule has 5 rings (SSSR count). The zero-order chi connectivity index (χ0) is 38.4. The van der Waals surface area contributed by atoms with Crippen LogP contribution in [0.2, 0.25) is 0 Å². The summed E-state index contributed by atoms with van der Waals surface area (Å²) in [5, 5.41) is 10.8. The summed E-state index contributed by atoms with van der Waals surface area (Å²) in [6.45, 7) is 17.1. The van der Waals surface area contributed by atoms with E-state index in [1.54, 1.807) is 29.0 Å². The van der Waals surface area contributed by atoms with Crippen LogP contribution in [-0.4, -0.2) is 143 Å². The standard InChI is InChI=1S/C40H57BrN4O8/c1-7-10-16-31(47)42(6)27(5)34(28-14-12-11-13-15-28)52-39(50)32-33-37(48)45(30(25-46)26(4)9-3)36(40(33)24-29(41)35(32)53-40)38(49)44(17-8-2)19-18-43-20-22-51-23-21-43/h7-8,11-15,26-27,29-30,32-36,46H,1-2,9-10,16-25H2,3-6H3/t26-,27+,29?,30-,32+,33-,34-,35+,36+,40-/m0/s1. The van der Waals surface area contributed by atoms with Gasteiger partial charge in [0.1, 0.15) is 17.7 Å². The Morgan fingerprint density at radius 1 is 1.15 bits per heavy atom. The first-order valence-corrected chi connectivity index (χ1v) is 19.9. The van der Waals surface area contributed by atoms with Crippen molar-refractivity contribution in [3.63, 3.8) is 0 Å². The molecule has 3 amide bonds. The molecule has 13 heteroatoms. The van der Waals surface area contributed by atoms with Crippen LogP contribution in [0.25, 0.3) is 0 Å². The molecule has 4 fully saturated rings. The van der Waals surface area contributed by atoms with Crippen LogP contribution in [0.1, 0.15) is 58.1 Å². The van der Waals surface area contributed by atoms with Gasteiger partial charge in [-0.2, -0.15) is 0 Å². The highest BCUT2D eigenvalue weighted by Gasteiger charge is 2.77. The number of alkyl halides is 1. The highest BCUT2D eigenvalue weighted by atomic mass is 79.9. The van der Waals surface area contributed by atoms with Gasteiger partial charge in [-0.05, 0) is 31.2 Å². The average Bonchev–Trinajstić information content (AvgIpc) is 3.77. The summed E-state index contributed by atoms with van der Waals surface area (Å²) in [6, 6.07) is 6.97. The second kappa shape index (κ2) is 18.0. The van der Waals surface area contributed by atoms with E-state index >= 15 is 0 Å². The Bertz CT molecular complexity index is 1480. The maximum atomic E-state index is 15.0. The van der Waals surface area contributed by atoms with Gasteiger partial charge in [0.05, 0.1) is 49.8 Å². The van der Waals surface area contributed by atoms with Crippen molar-refractivity contribution in [2.24, 2.45) is 17.8 Å². The fraction of sp³-hybridized carbons (Fsp3) is 0.650. The number of likely N-dealkylation sites (N-methyl/N-ethyl adjacent to an activating group) is 1. The number of carbonyl (C=O) groups is 4. The predicted molar refractivity (Wildman–Crippen MR) is 204 cm³/mol. The van der Waals surface area contributed by atoms with Gasteiger partial charge in [0, 0.05) is 51.0 Å². The molecule has 4 heterocycles. The third-order valence-electron chi connectivity index (χ3n) is 11.9. The number of aliphatic hydroxyl groups is 1. The van der Waals surface area contributed by atoms with E-state index in [1.807, 2.05) is 51.1 Å². The molecule has 53 heavy (non-hydrogen) atoms. The van der Waals surface area contributed by atoms with Gasteiger partial charge >= 0.3 is 5.97 Å². The Hall–Kier alpha value is -3.10. The molecule has 12 nitrogen and oxygen atoms in total. The van der Waals surface area contributed by atoms with Crippen LogP contribution in [0.15, 0.2) is 55.6 Å². The number of morpholine rings is 1. The Morgan fingerprint density at radius 2 is 1.85 bits per heavy atom. The number of carbonyl (C=O) groups excluding carboxylic acids is 4. The number of hydrogen-bond donors (Lipinski definition) is 1. The molecule has 2 bridgehead atoms. The van der Waals surface area contributed by atoms with Gasteiger partial charge in [0.2, 0.25) is 17.7 Å². The summed E-state index contributed by atoms with van der Waals surface area (Å²) in [6.07, 6.45) is 3.57. The Labute approximate surface area is 322 Å². The first kappa shape index (κ1) is 41.1. The topological polar surface area (TPSA) is 129 Å². The van der Waals surface area contributed by atoms with Crippen LogP contribution >= 0.6 is 15.9 Å².